The molecule has 0 saturated carbocycles. The highest BCUT2D eigenvalue weighted by molar-refractivity contribution is 8.01. The van der Waals surface area contributed by atoms with Gasteiger partial charge < -0.3 is 14.8 Å². The monoisotopic (exact) mass is 458 g/mol. The molecule has 29 heavy (non-hydrogen) atoms. The molecule has 0 atom stereocenters. The lowest BCUT2D eigenvalue weighted by molar-refractivity contribution is -0.113. The molecule has 0 aliphatic heterocycles. The number of thioether (sulfide) groups is 1. The molecule has 2 N–H and O–H groups in total. The van der Waals surface area contributed by atoms with Crippen LogP contribution in [0.5, 0.6) is 0 Å². The Bertz CT molecular complexity index is 881. The molecule has 2 amide bonds. The van der Waals surface area contributed by atoms with Crippen LogP contribution in [0.1, 0.15) is 41.6 Å². The number of carbonyl (C=O) groups excluding carboxylic acids is 3. The Morgan fingerprint density at radius 3 is 2.41 bits per heavy atom. The molecule has 2 aromatic rings. The van der Waals surface area contributed by atoms with Gasteiger partial charge in [-0.3, -0.25) is 10.1 Å². The smallest absolute Gasteiger partial charge is 0.413 e. The van der Waals surface area contributed by atoms with E-state index >= 15 is 0 Å². The Hall–Kier alpha value is -2.18. The van der Waals surface area contributed by atoms with Crippen molar-refractivity contribution in [1.82, 2.24) is 10.2 Å². The summed E-state index contributed by atoms with van der Waals surface area (Å²) in [7, 11) is 0. The fourth-order valence-corrected chi connectivity index (χ4v) is 5.06. The maximum Gasteiger partial charge on any atom is 0.413 e. The lowest BCUT2D eigenvalue weighted by atomic mass is 10.1. The molecule has 0 aliphatic rings. The molecule has 2 heterocycles. The Morgan fingerprint density at radius 1 is 1.03 bits per heavy atom. The van der Waals surface area contributed by atoms with Crippen LogP contribution in [-0.4, -0.2) is 47.1 Å². The van der Waals surface area contributed by atoms with E-state index in [-0.39, 0.29) is 30.0 Å². The van der Waals surface area contributed by atoms with Crippen molar-refractivity contribution in [3.8, 4) is 0 Å². The molecule has 0 unspecified atom stereocenters. The van der Waals surface area contributed by atoms with E-state index < -0.39 is 12.1 Å². The lowest BCUT2D eigenvalue weighted by Crippen LogP contribution is -2.16. The summed E-state index contributed by atoms with van der Waals surface area (Å²) in [4.78, 5) is 37.1. The number of rotatable bonds is 9. The van der Waals surface area contributed by atoms with Crippen LogP contribution in [0, 0.1) is 6.92 Å². The number of hydrogen-bond acceptors (Lipinski definition) is 10. The predicted octanol–water partition coefficient (Wildman–Crippen LogP) is 3.95. The molecule has 2 rings (SSSR count). The molecular formula is C17H22N4O5S3. The van der Waals surface area contributed by atoms with Crippen LogP contribution >= 0.6 is 34.4 Å². The van der Waals surface area contributed by atoms with Gasteiger partial charge in [-0.2, -0.15) is 0 Å². The van der Waals surface area contributed by atoms with E-state index in [1.807, 2.05) is 13.8 Å². The molecule has 12 heteroatoms. The number of thiophene rings is 1. The average molecular weight is 459 g/mol. The van der Waals surface area contributed by atoms with Crippen molar-refractivity contribution < 1.29 is 23.9 Å². The fourth-order valence-electron chi connectivity index (χ4n) is 2.37. The van der Waals surface area contributed by atoms with Crippen LogP contribution in [0.15, 0.2) is 4.34 Å². The third-order valence-corrected chi connectivity index (χ3v) is 6.55. The Labute approximate surface area is 180 Å². The second kappa shape index (κ2) is 11.1. The quantitative estimate of drug-likeness (QED) is 0.329. The van der Waals surface area contributed by atoms with Gasteiger partial charge in [0.05, 0.1) is 24.5 Å². The molecule has 0 radical (unpaired) electrons. The highest BCUT2D eigenvalue weighted by Gasteiger charge is 2.23. The van der Waals surface area contributed by atoms with Gasteiger partial charge >= 0.3 is 12.1 Å². The maximum absolute atomic E-state index is 12.4. The summed E-state index contributed by atoms with van der Waals surface area (Å²) in [5.74, 6) is -0.635. The van der Waals surface area contributed by atoms with E-state index in [2.05, 4.69) is 20.8 Å². The van der Waals surface area contributed by atoms with Crippen molar-refractivity contribution in [2.24, 2.45) is 0 Å². The molecular weight excluding hydrogens is 436 g/mol. The number of aryl methyl sites for hydroxylation is 1. The normalized spacial score (nSPS) is 10.5. The third-order valence-electron chi connectivity index (χ3n) is 3.51. The first kappa shape index (κ1) is 23.1. The first-order valence-electron chi connectivity index (χ1n) is 8.88. The summed E-state index contributed by atoms with van der Waals surface area (Å²) >= 11 is 3.67. The first-order chi connectivity index (χ1) is 13.9. The van der Waals surface area contributed by atoms with E-state index in [0.29, 0.717) is 21.3 Å². The van der Waals surface area contributed by atoms with Crippen LogP contribution < -0.4 is 10.6 Å². The minimum atomic E-state index is -0.607. The summed E-state index contributed by atoms with van der Waals surface area (Å²) in [6, 6.07) is 0. The van der Waals surface area contributed by atoms with Crippen molar-refractivity contribution >= 4 is 62.5 Å². The van der Waals surface area contributed by atoms with Gasteiger partial charge in [0.2, 0.25) is 11.0 Å². The summed E-state index contributed by atoms with van der Waals surface area (Å²) < 4.78 is 10.4. The minimum Gasteiger partial charge on any atom is -0.462 e. The average Bonchev–Trinajstić information content (AvgIpc) is 3.23. The van der Waals surface area contributed by atoms with Crippen LogP contribution in [0.4, 0.5) is 14.9 Å². The molecule has 158 valence electrons. The van der Waals surface area contributed by atoms with E-state index in [1.165, 1.54) is 23.1 Å². The van der Waals surface area contributed by atoms with Gasteiger partial charge in [0.15, 0.2) is 4.34 Å². The van der Waals surface area contributed by atoms with E-state index in [4.69, 9.17) is 9.47 Å². The molecule has 2 aromatic heterocycles. The number of amides is 2. The summed E-state index contributed by atoms with van der Waals surface area (Å²) in [5.41, 5.74) is 1.31. The lowest BCUT2D eigenvalue weighted by Gasteiger charge is -2.07. The molecule has 0 bridgehead atoms. The first-order valence-corrected chi connectivity index (χ1v) is 11.5. The zero-order valence-corrected chi connectivity index (χ0v) is 18.9. The fraction of sp³-hybridized carbons (Fsp3) is 0.471. The number of hydrogen-bond donors (Lipinski definition) is 2. The summed E-state index contributed by atoms with van der Waals surface area (Å²) in [5, 5.41) is 13.8. The van der Waals surface area contributed by atoms with Gasteiger partial charge in [0, 0.05) is 4.88 Å². The summed E-state index contributed by atoms with van der Waals surface area (Å²) in [6.07, 6.45) is 0.0616. The van der Waals surface area contributed by atoms with Crippen molar-refractivity contribution in [2.45, 2.75) is 38.5 Å². The molecule has 9 nitrogen and oxygen atoms in total. The van der Waals surface area contributed by atoms with Crippen molar-refractivity contribution in [3.63, 3.8) is 0 Å². The zero-order valence-electron chi connectivity index (χ0n) is 16.5. The number of aromatic nitrogens is 2. The van der Waals surface area contributed by atoms with Crippen molar-refractivity contribution in [2.75, 3.05) is 29.6 Å². The topological polar surface area (TPSA) is 120 Å². The van der Waals surface area contributed by atoms with Crippen molar-refractivity contribution in [3.05, 3.63) is 16.0 Å². The Balaban J connectivity index is 1.99. The van der Waals surface area contributed by atoms with Crippen LogP contribution in [-0.2, 0) is 20.7 Å². The maximum atomic E-state index is 12.4. The molecule has 0 fully saturated rings. The highest BCUT2D eigenvalue weighted by Crippen LogP contribution is 2.34. The highest BCUT2D eigenvalue weighted by atomic mass is 32.2. The van der Waals surface area contributed by atoms with Gasteiger partial charge in [-0.25, -0.2) is 9.59 Å². The van der Waals surface area contributed by atoms with Crippen molar-refractivity contribution in [1.29, 1.82) is 0 Å². The largest absolute Gasteiger partial charge is 0.462 e. The van der Waals surface area contributed by atoms with Gasteiger partial charge in [-0.1, -0.05) is 30.0 Å². The predicted molar refractivity (Wildman–Crippen MR) is 114 cm³/mol. The van der Waals surface area contributed by atoms with Gasteiger partial charge in [-0.05, 0) is 32.8 Å². The Kier molecular flexibility index (Phi) is 8.86. The molecule has 0 aromatic carbocycles. The second-order valence-corrected chi connectivity index (χ2v) is 8.90. The molecule has 0 saturated heterocycles. The number of nitrogens with zero attached hydrogens (tertiary/aromatic N) is 2. The van der Waals surface area contributed by atoms with Gasteiger partial charge in [0.1, 0.15) is 5.00 Å². The SMILES string of the molecule is CCOC(=O)Nc1nnc(SCC(=O)Nc2sc(C)c(CC)c2C(=O)OCC)s1. The van der Waals surface area contributed by atoms with Crippen LogP contribution in [0.3, 0.4) is 0 Å². The summed E-state index contributed by atoms with van der Waals surface area (Å²) in [6.45, 7) is 7.82. The zero-order chi connectivity index (χ0) is 21.4. The number of nitrogens with one attached hydrogen (secondary N) is 2. The number of ether oxygens (including phenoxy) is 2. The van der Waals surface area contributed by atoms with Gasteiger partial charge in [-0.15, -0.1) is 21.5 Å². The number of carbonyl (C=O) groups is 3. The van der Waals surface area contributed by atoms with Gasteiger partial charge in [0.25, 0.3) is 0 Å². The van der Waals surface area contributed by atoms with E-state index in [0.717, 1.165) is 21.8 Å². The minimum absolute atomic E-state index is 0.0781. The number of anilines is 2. The third kappa shape index (κ3) is 6.41. The molecule has 0 spiro atoms. The standard InChI is InChI=1S/C17H22N4O5S3/c1-5-10-9(4)28-13(12(10)14(23)25-6-2)18-11(22)8-27-17-21-20-15(29-17)19-16(24)26-7-3/h5-8H2,1-4H3,(H,18,22)(H,19,20,24). The van der Waals surface area contributed by atoms with E-state index in [1.54, 1.807) is 13.8 Å². The Morgan fingerprint density at radius 2 is 1.76 bits per heavy atom. The van der Waals surface area contributed by atoms with Crippen LogP contribution in [0.25, 0.3) is 0 Å². The second-order valence-electron chi connectivity index (χ2n) is 5.47. The van der Waals surface area contributed by atoms with Crippen LogP contribution in [0.2, 0.25) is 0 Å². The van der Waals surface area contributed by atoms with E-state index in [9.17, 15) is 14.4 Å². The molecule has 0 aliphatic carbocycles. The number of esters is 1.